The van der Waals surface area contributed by atoms with Gasteiger partial charge in [-0.3, -0.25) is 4.79 Å². The van der Waals surface area contributed by atoms with Crippen LogP contribution in [0, 0.1) is 14.9 Å². The van der Waals surface area contributed by atoms with Crippen molar-refractivity contribution in [3.63, 3.8) is 0 Å². The molecular weight excluding hydrogens is 145 g/mol. The van der Waals surface area contributed by atoms with Crippen LogP contribution >= 0.6 is 0 Å². The topological polar surface area (TPSA) is 37.3 Å². The van der Waals surface area contributed by atoms with Crippen LogP contribution in [0.25, 0.3) is 0 Å². The molecule has 0 aliphatic rings. The summed E-state index contributed by atoms with van der Waals surface area (Å²) in [5.74, 6) is -0.833. The zero-order valence-corrected chi connectivity index (χ0v) is 8.03. The first-order valence-corrected chi connectivity index (χ1v) is 0.928. The van der Waals surface area contributed by atoms with Crippen molar-refractivity contribution in [2.75, 3.05) is 0 Å². The molecule has 0 aliphatic heterocycles. The summed E-state index contributed by atoms with van der Waals surface area (Å²) in [4.78, 5) is 9.00. The van der Waals surface area contributed by atoms with Crippen molar-refractivity contribution in [2.45, 2.75) is 6.92 Å². The number of carboxylic acids is 1. The Kier molecular flexibility index (Phi) is 65.0. The zero-order chi connectivity index (χ0) is 3.58. The van der Waals surface area contributed by atoms with E-state index >= 15 is 0 Å². The first kappa shape index (κ1) is 27.5. The summed E-state index contributed by atoms with van der Waals surface area (Å²) >= 11 is 0. The Bertz CT molecular complexity index is 32.7. The van der Waals surface area contributed by atoms with E-state index < -0.39 is 5.97 Å². The minimum absolute atomic E-state index is 0. The van der Waals surface area contributed by atoms with Crippen LogP contribution in [0.3, 0.4) is 0 Å². The number of hydrogen-bond donors (Lipinski definition) is 1. The molecule has 0 rings (SSSR count). The van der Waals surface area contributed by atoms with E-state index in [1.165, 1.54) is 0 Å². The second-order valence-corrected chi connectivity index (χ2v) is 0.519. The van der Waals surface area contributed by atoms with Gasteiger partial charge >= 0.3 is 19.5 Å². The Morgan fingerprint density at radius 1 is 1.43 bits per heavy atom. The number of carboxylic acid groups (broad SMARTS) is 1. The Morgan fingerprint density at radius 3 is 1.43 bits per heavy atom. The zero-order valence-electron chi connectivity index (χ0n) is 5.06. The summed E-state index contributed by atoms with van der Waals surface area (Å²) in [7, 11) is 0. The summed E-state index contributed by atoms with van der Waals surface area (Å²) in [5.41, 5.74) is 0. The third-order valence-electron chi connectivity index (χ3n) is 0. The van der Waals surface area contributed by atoms with Crippen LogP contribution < -0.4 is 0 Å². The van der Waals surface area contributed by atoms with Crippen LogP contribution in [0.15, 0.2) is 0 Å². The minimum Gasteiger partial charge on any atom is -0.481 e. The average Bonchev–Trinajstić information content (AvgIpc) is 0.811. The number of hydrogen-bond acceptors (Lipinski definition) is 1. The first-order chi connectivity index (χ1) is 1.73. The summed E-state index contributed by atoms with van der Waals surface area (Å²) in [6, 6.07) is 0. The first-order valence-electron chi connectivity index (χ1n) is 0.928. The molecule has 0 aromatic carbocycles. The van der Waals surface area contributed by atoms with E-state index in [0.29, 0.717) is 0 Å². The third kappa shape index (κ3) is 11700. The fourth-order valence-electron chi connectivity index (χ4n) is 0. The van der Waals surface area contributed by atoms with Gasteiger partial charge in [0.2, 0.25) is 0 Å². The van der Waals surface area contributed by atoms with Gasteiger partial charge in [0, 0.05) is 6.92 Å². The van der Waals surface area contributed by atoms with E-state index in [1.807, 2.05) is 0 Å². The molecule has 0 saturated carbocycles. The maximum Gasteiger partial charge on any atom is 2.00 e. The molecule has 0 aromatic heterocycles. The standard InChI is InChI=1S/C2H4O2.2CH3.Zn/c1-2(3)4;;;/h1H3,(H,3,4);2*1H3;/q;2*-1;+2. The molecule has 2 nitrogen and oxygen atoms in total. The fourth-order valence-corrected chi connectivity index (χ4v) is 0. The van der Waals surface area contributed by atoms with Crippen molar-refractivity contribution in [3.05, 3.63) is 14.9 Å². The molecule has 40 valence electrons. The van der Waals surface area contributed by atoms with Crippen molar-refractivity contribution in [1.82, 2.24) is 0 Å². The normalized spacial score (nSPS) is 3.57. The van der Waals surface area contributed by atoms with Gasteiger partial charge < -0.3 is 20.0 Å². The van der Waals surface area contributed by atoms with Crippen molar-refractivity contribution in [2.24, 2.45) is 0 Å². The second kappa shape index (κ2) is 16.5. The number of carbonyl (C=O) groups is 1. The molecular formula is C4H10O2Zn. The average molecular weight is 156 g/mol. The van der Waals surface area contributed by atoms with Crippen molar-refractivity contribution < 1.29 is 29.4 Å². The molecule has 0 bridgehead atoms. The SMILES string of the molecule is CC(=O)O.[CH3-].[CH3-].[Zn+2]. The number of aliphatic carboxylic acids is 1. The van der Waals surface area contributed by atoms with Gasteiger partial charge in [-0.25, -0.2) is 0 Å². The van der Waals surface area contributed by atoms with E-state index in [2.05, 4.69) is 0 Å². The summed E-state index contributed by atoms with van der Waals surface area (Å²) in [6.07, 6.45) is 0. The quantitative estimate of drug-likeness (QED) is 0.418. The third-order valence-corrected chi connectivity index (χ3v) is 0. The van der Waals surface area contributed by atoms with Crippen molar-refractivity contribution >= 4 is 5.97 Å². The molecule has 0 radical (unpaired) electrons. The smallest absolute Gasteiger partial charge is 0.481 e. The Hall–Kier alpha value is 0.0934. The van der Waals surface area contributed by atoms with Gasteiger partial charge in [-0.1, -0.05) is 0 Å². The van der Waals surface area contributed by atoms with Crippen molar-refractivity contribution in [3.8, 4) is 0 Å². The molecule has 0 saturated heterocycles. The minimum atomic E-state index is -0.833. The Morgan fingerprint density at radius 2 is 1.43 bits per heavy atom. The van der Waals surface area contributed by atoms with Gasteiger partial charge in [0.1, 0.15) is 0 Å². The van der Waals surface area contributed by atoms with E-state index in [-0.39, 0.29) is 34.3 Å². The van der Waals surface area contributed by atoms with Crippen LogP contribution in [-0.4, -0.2) is 11.1 Å². The second-order valence-electron chi connectivity index (χ2n) is 0.519. The van der Waals surface area contributed by atoms with E-state index in [1.54, 1.807) is 0 Å². The van der Waals surface area contributed by atoms with Gasteiger partial charge in [-0.2, -0.15) is 0 Å². The van der Waals surface area contributed by atoms with Gasteiger partial charge in [0.05, 0.1) is 0 Å². The molecule has 1 N–H and O–H groups in total. The van der Waals surface area contributed by atoms with Gasteiger partial charge in [-0.15, -0.1) is 0 Å². The van der Waals surface area contributed by atoms with Crippen LogP contribution in [0.2, 0.25) is 0 Å². The largest absolute Gasteiger partial charge is 2.00 e. The Balaban J connectivity index is -0.0000000150. The monoisotopic (exact) mass is 154 g/mol. The van der Waals surface area contributed by atoms with Crippen LogP contribution in [0.4, 0.5) is 0 Å². The van der Waals surface area contributed by atoms with E-state index in [0.717, 1.165) is 6.92 Å². The van der Waals surface area contributed by atoms with Crippen LogP contribution in [0.1, 0.15) is 6.92 Å². The predicted molar refractivity (Wildman–Crippen MR) is 26.1 cm³/mol. The maximum atomic E-state index is 9.00. The summed E-state index contributed by atoms with van der Waals surface area (Å²) in [5, 5.41) is 7.42. The summed E-state index contributed by atoms with van der Waals surface area (Å²) in [6.45, 7) is 1.08. The van der Waals surface area contributed by atoms with Gasteiger partial charge in [0.15, 0.2) is 0 Å². The molecule has 7 heavy (non-hydrogen) atoms. The predicted octanol–water partition coefficient (Wildman–Crippen LogP) is 0.989. The van der Waals surface area contributed by atoms with E-state index in [9.17, 15) is 0 Å². The Labute approximate surface area is 57.7 Å². The molecule has 0 amide bonds. The van der Waals surface area contributed by atoms with Crippen molar-refractivity contribution in [1.29, 1.82) is 0 Å². The molecule has 0 spiro atoms. The van der Waals surface area contributed by atoms with Gasteiger partial charge in [0.25, 0.3) is 5.97 Å². The molecule has 0 aliphatic carbocycles. The molecule has 3 heteroatoms. The maximum absolute atomic E-state index is 9.00. The molecule has 0 heterocycles. The molecule has 0 aromatic rings. The molecule has 0 fully saturated rings. The summed E-state index contributed by atoms with van der Waals surface area (Å²) < 4.78 is 0. The van der Waals surface area contributed by atoms with Crippen LogP contribution in [0.5, 0.6) is 0 Å². The van der Waals surface area contributed by atoms with E-state index in [4.69, 9.17) is 9.90 Å². The van der Waals surface area contributed by atoms with Crippen LogP contribution in [-0.2, 0) is 24.3 Å². The molecule has 0 atom stereocenters. The fraction of sp³-hybridized carbons (Fsp3) is 0.250. The number of rotatable bonds is 0. The van der Waals surface area contributed by atoms with Gasteiger partial charge in [-0.05, 0) is 0 Å². The molecule has 0 unspecified atom stereocenters.